The second-order valence-corrected chi connectivity index (χ2v) is 6.23. The summed E-state index contributed by atoms with van der Waals surface area (Å²) >= 11 is 0. The SMILES string of the molecule is CCOC(=O)C(C)n1c2c(c3cc(C)ccc31)CN(C)CC2. The molecule has 0 spiro atoms. The highest BCUT2D eigenvalue weighted by atomic mass is 16.5. The molecule has 0 aliphatic carbocycles. The Morgan fingerprint density at radius 1 is 1.41 bits per heavy atom. The van der Waals surface area contributed by atoms with E-state index in [2.05, 4.69) is 41.6 Å². The molecule has 1 aromatic carbocycles. The van der Waals surface area contributed by atoms with Crippen LogP contribution in [0.2, 0.25) is 0 Å². The first-order valence-corrected chi connectivity index (χ1v) is 8.00. The molecule has 0 amide bonds. The van der Waals surface area contributed by atoms with Gasteiger partial charge in [-0.15, -0.1) is 0 Å². The van der Waals surface area contributed by atoms with Crippen molar-refractivity contribution >= 4 is 16.9 Å². The molecule has 0 bridgehead atoms. The van der Waals surface area contributed by atoms with Gasteiger partial charge in [-0.25, -0.2) is 4.79 Å². The summed E-state index contributed by atoms with van der Waals surface area (Å²) in [5, 5.41) is 1.28. The minimum atomic E-state index is -0.280. The van der Waals surface area contributed by atoms with Crippen molar-refractivity contribution < 1.29 is 9.53 Å². The molecule has 0 saturated heterocycles. The van der Waals surface area contributed by atoms with Crippen molar-refractivity contribution in [2.24, 2.45) is 0 Å². The molecular weight excluding hydrogens is 276 g/mol. The first kappa shape index (κ1) is 15.1. The van der Waals surface area contributed by atoms with Crippen LogP contribution < -0.4 is 0 Å². The number of hydrogen-bond acceptors (Lipinski definition) is 3. The number of carbonyl (C=O) groups excluding carboxylic acids is 1. The number of fused-ring (bicyclic) bond motifs is 3. The smallest absolute Gasteiger partial charge is 0.328 e. The van der Waals surface area contributed by atoms with Crippen LogP contribution in [0.1, 0.15) is 36.7 Å². The molecule has 0 fully saturated rings. The van der Waals surface area contributed by atoms with Crippen LogP contribution in [-0.2, 0) is 22.5 Å². The van der Waals surface area contributed by atoms with Crippen molar-refractivity contribution in [3.05, 3.63) is 35.0 Å². The average molecular weight is 300 g/mol. The van der Waals surface area contributed by atoms with Gasteiger partial charge < -0.3 is 14.2 Å². The maximum absolute atomic E-state index is 12.2. The fourth-order valence-electron chi connectivity index (χ4n) is 3.45. The summed E-state index contributed by atoms with van der Waals surface area (Å²) in [6, 6.07) is 6.21. The number of carbonyl (C=O) groups is 1. The van der Waals surface area contributed by atoms with E-state index in [1.54, 1.807) is 0 Å². The molecule has 0 radical (unpaired) electrons. The second-order valence-electron chi connectivity index (χ2n) is 6.23. The lowest BCUT2D eigenvalue weighted by molar-refractivity contribution is -0.146. The third-order valence-corrected chi connectivity index (χ3v) is 4.55. The summed E-state index contributed by atoms with van der Waals surface area (Å²) in [5.41, 5.74) is 5.05. The van der Waals surface area contributed by atoms with Crippen molar-refractivity contribution in [3.63, 3.8) is 0 Å². The van der Waals surface area contributed by atoms with E-state index in [1.807, 2.05) is 13.8 Å². The Labute approximate surface area is 131 Å². The molecular formula is C18H24N2O2. The standard InChI is InChI=1S/C18H24N2O2/c1-5-22-18(21)13(3)20-16-7-6-12(2)10-14(16)15-11-19(4)9-8-17(15)20/h6-7,10,13H,5,8-9,11H2,1-4H3. The second kappa shape index (κ2) is 5.76. The highest BCUT2D eigenvalue weighted by Gasteiger charge is 2.27. The van der Waals surface area contributed by atoms with Gasteiger partial charge in [0.2, 0.25) is 0 Å². The molecule has 1 aromatic heterocycles. The number of rotatable bonds is 3. The number of likely N-dealkylation sites (N-methyl/N-ethyl adjacent to an activating group) is 1. The molecule has 4 heteroatoms. The number of aryl methyl sites for hydroxylation is 1. The van der Waals surface area contributed by atoms with Crippen molar-refractivity contribution in [2.75, 3.05) is 20.2 Å². The molecule has 1 unspecified atom stereocenters. The first-order valence-electron chi connectivity index (χ1n) is 8.00. The number of ether oxygens (including phenoxy) is 1. The van der Waals surface area contributed by atoms with Crippen LogP contribution in [0.25, 0.3) is 10.9 Å². The Morgan fingerprint density at radius 2 is 2.18 bits per heavy atom. The van der Waals surface area contributed by atoms with Crippen LogP contribution >= 0.6 is 0 Å². The van der Waals surface area contributed by atoms with E-state index in [4.69, 9.17) is 4.74 Å². The van der Waals surface area contributed by atoms with Crippen LogP contribution in [0, 0.1) is 6.92 Å². The Kier molecular flexibility index (Phi) is 3.96. The van der Waals surface area contributed by atoms with Gasteiger partial charge in [-0.3, -0.25) is 0 Å². The molecule has 1 aliphatic heterocycles. The predicted molar refractivity (Wildman–Crippen MR) is 88.1 cm³/mol. The molecule has 2 aromatic rings. The lowest BCUT2D eigenvalue weighted by Crippen LogP contribution is -2.29. The molecule has 0 N–H and O–H groups in total. The van der Waals surface area contributed by atoms with Crippen LogP contribution in [0.3, 0.4) is 0 Å². The lowest BCUT2D eigenvalue weighted by atomic mass is 10.0. The van der Waals surface area contributed by atoms with Crippen LogP contribution in [-0.4, -0.2) is 35.6 Å². The van der Waals surface area contributed by atoms with E-state index in [1.165, 1.54) is 22.2 Å². The van der Waals surface area contributed by atoms with Gasteiger partial charge in [0.25, 0.3) is 0 Å². The number of esters is 1. The minimum Gasteiger partial charge on any atom is -0.464 e. The van der Waals surface area contributed by atoms with E-state index in [-0.39, 0.29) is 12.0 Å². The maximum Gasteiger partial charge on any atom is 0.328 e. The monoisotopic (exact) mass is 300 g/mol. The van der Waals surface area contributed by atoms with Crippen LogP contribution in [0.5, 0.6) is 0 Å². The van der Waals surface area contributed by atoms with Gasteiger partial charge in [0.15, 0.2) is 0 Å². The molecule has 1 atom stereocenters. The topological polar surface area (TPSA) is 34.5 Å². The van der Waals surface area contributed by atoms with E-state index < -0.39 is 0 Å². The fraction of sp³-hybridized carbons (Fsp3) is 0.500. The molecule has 22 heavy (non-hydrogen) atoms. The first-order chi connectivity index (χ1) is 10.5. The molecule has 4 nitrogen and oxygen atoms in total. The van der Waals surface area contributed by atoms with Gasteiger partial charge in [-0.1, -0.05) is 11.6 Å². The summed E-state index contributed by atoms with van der Waals surface area (Å²) in [6.07, 6.45) is 0.976. The number of nitrogens with zero attached hydrogens (tertiary/aromatic N) is 2. The zero-order chi connectivity index (χ0) is 15.9. The molecule has 118 valence electrons. The highest BCUT2D eigenvalue weighted by Crippen LogP contribution is 2.34. The molecule has 0 saturated carbocycles. The predicted octanol–water partition coefficient (Wildman–Crippen LogP) is 3.06. The minimum absolute atomic E-state index is 0.151. The zero-order valence-corrected chi connectivity index (χ0v) is 13.8. The van der Waals surface area contributed by atoms with Gasteiger partial charge in [-0.05, 0) is 45.5 Å². The number of aromatic nitrogens is 1. The Hall–Kier alpha value is -1.81. The zero-order valence-electron chi connectivity index (χ0n) is 13.8. The van der Waals surface area contributed by atoms with Gasteiger partial charge in [-0.2, -0.15) is 0 Å². The maximum atomic E-state index is 12.2. The Morgan fingerprint density at radius 3 is 2.91 bits per heavy atom. The summed E-state index contributed by atoms with van der Waals surface area (Å²) in [5.74, 6) is -0.151. The Balaban J connectivity index is 2.19. The third kappa shape index (κ3) is 2.41. The van der Waals surface area contributed by atoms with Crippen LogP contribution in [0.15, 0.2) is 18.2 Å². The summed E-state index contributed by atoms with van der Waals surface area (Å²) in [7, 11) is 2.15. The largest absolute Gasteiger partial charge is 0.464 e. The average Bonchev–Trinajstić information content (AvgIpc) is 2.80. The van der Waals surface area contributed by atoms with Crippen molar-refractivity contribution in [1.29, 1.82) is 0 Å². The quantitative estimate of drug-likeness (QED) is 0.817. The van der Waals surface area contributed by atoms with E-state index in [0.29, 0.717) is 6.61 Å². The number of hydrogen-bond donors (Lipinski definition) is 0. The van der Waals surface area contributed by atoms with Crippen molar-refractivity contribution in [1.82, 2.24) is 9.47 Å². The van der Waals surface area contributed by atoms with Crippen LogP contribution in [0.4, 0.5) is 0 Å². The summed E-state index contributed by atoms with van der Waals surface area (Å²) in [4.78, 5) is 14.6. The van der Waals surface area contributed by atoms with E-state index in [9.17, 15) is 4.79 Å². The molecule has 1 aliphatic rings. The van der Waals surface area contributed by atoms with Crippen molar-refractivity contribution in [2.45, 2.75) is 39.8 Å². The van der Waals surface area contributed by atoms with Gasteiger partial charge in [0, 0.05) is 36.1 Å². The van der Waals surface area contributed by atoms with Crippen molar-refractivity contribution in [3.8, 4) is 0 Å². The summed E-state index contributed by atoms with van der Waals surface area (Å²) < 4.78 is 7.43. The molecule has 3 rings (SSSR count). The highest BCUT2D eigenvalue weighted by molar-refractivity contribution is 5.88. The lowest BCUT2D eigenvalue weighted by Gasteiger charge is -2.25. The molecule has 2 heterocycles. The Bertz CT molecular complexity index is 717. The van der Waals surface area contributed by atoms with E-state index in [0.717, 1.165) is 25.0 Å². The van der Waals surface area contributed by atoms with Gasteiger partial charge in [0.05, 0.1) is 6.61 Å². The van der Waals surface area contributed by atoms with Gasteiger partial charge in [0.1, 0.15) is 6.04 Å². The van der Waals surface area contributed by atoms with Gasteiger partial charge >= 0.3 is 5.97 Å². The third-order valence-electron chi connectivity index (χ3n) is 4.55. The normalized spacial score (nSPS) is 16.5. The fourth-order valence-corrected chi connectivity index (χ4v) is 3.45. The van der Waals surface area contributed by atoms with E-state index >= 15 is 0 Å². The summed E-state index contributed by atoms with van der Waals surface area (Å²) in [6.45, 7) is 8.30. The number of benzene rings is 1.